The van der Waals surface area contributed by atoms with Crippen molar-refractivity contribution in [1.29, 1.82) is 0 Å². The molecule has 0 saturated heterocycles. The first-order valence-corrected chi connectivity index (χ1v) is 9.30. The van der Waals surface area contributed by atoms with Crippen molar-refractivity contribution >= 4 is 40.6 Å². The Balaban J connectivity index is 1.71. The van der Waals surface area contributed by atoms with E-state index < -0.39 is 4.92 Å². The van der Waals surface area contributed by atoms with Crippen LogP contribution < -0.4 is 5.32 Å². The van der Waals surface area contributed by atoms with Crippen LogP contribution in [-0.4, -0.2) is 31.3 Å². The predicted molar refractivity (Wildman–Crippen MR) is 105 cm³/mol. The maximum Gasteiger partial charge on any atom is 0.271 e. The maximum atomic E-state index is 12.3. The number of thioether (sulfide) groups is 1. The van der Waals surface area contributed by atoms with Gasteiger partial charge in [0.25, 0.3) is 5.69 Å². The van der Waals surface area contributed by atoms with Gasteiger partial charge in [-0.2, -0.15) is 0 Å². The molecule has 9 nitrogen and oxygen atoms in total. The van der Waals surface area contributed by atoms with E-state index in [9.17, 15) is 14.9 Å². The second kappa shape index (κ2) is 8.72. The minimum atomic E-state index is -0.561. The molecule has 0 fully saturated rings. The molecule has 0 bridgehead atoms. The molecular weight excluding hydrogens is 406 g/mol. The van der Waals surface area contributed by atoms with Gasteiger partial charge < -0.3 is 9.73 Å². The SMILES string of the molecule is C=CCn1c(SCC(=O)Nc2cc([N+](=O)[O-])ccc2Cl)nnc1-c1ccco1. The summed E-state index contributed by atoms with van der Waals surface area (Å²) in [6, 6.07) is 7.33. The number of carbonyl (C=O) groups is 1. The number of nitrogens with zero attached hydrogens (tertiary/aromatic N) is 4. The molecule has 0 aliphatic heterocycles. The molecule has 0 radical (unpaired) electrons. The van der Waals surface area contributed by atoms with Gasteiger partial charge in [0.05, 0.1) is 27.6 Å². The smallest absolute Gasteiger partial charge is 0.271 e. The highest BCUT2D eigenvalue weighted by molar-refractivity contribution is 7.99. The number of anilines is 1. The van der Waals surface area contributed by atoms with Crippen LogP contribution in [0.15, 0.2) is 58.8 Å². The van der Waals surface area contributed by atoms with Crippen LogP contribution in [0.1, 0.15) is 0 Å². The summed E-state index contributed by atoms with van der Waals surface area (Å²) in [6.45, 7) is 4.15. The van der Waals surface area contributed by atoms with Crippen LogP contribution in [0.5, 0.6) is 0 Å². The molecule has 3 rings (SSSR count). The molecule has 0 spiro atoms. The summed E-state index contributed by atoms with van der Waals surface area (Å²) in [7, 11) is 0. The van der Waals surface area contributed by atoms with Crippen molar-refractivity contribution in [2.75, 3.05) is 11.1 Å². The Labute approximate surface area is 168 Å². The highest BCUT2D eigenvalue weighted by atomic mass is 35.5. The minimum Gasteiger partial charge on any atom is -0.461 e. The molecule has 2 heterocycles. The van der Waals surface area contributed by atoms with Gasteiger partial charge in [-0.25, -0.2) is 0 Å². The topological polar surface area (TPSA) is 116 Å². The van der Waals surface area contributed by atoms with Crippen molar-refractivity contribution in [2.45, 2.75) is 11.7 Å². The number of benzene rings is 1. The van der Waals surface area contributed by atoms with E-state index in [2.05, 4.69) is 22.1 Å². The Hall–Kier alpha value is -3.11. The fourth-order valence-electron chi connectivity index (χ4n) is 2.32. The number of nitro benzene ring substituents is 1. The Morgan fingerprint density at radius 3 is 2.93 bits per heavy atom. The van der Waals surface area contributed by atoms with E-state index in [0.29, 0.717) is 23.3 Å². The Morgan fingerprint density at radius 1 is 1.43 bits per heavy atom. The molecule has 3 aromatic rings. The van der Waals surface area contributed by atoms with E-state index in [1.165, 1.54) is 24.5 Å². The van der Waals surface area contributed by atoms with Gasteiger partial charge in [0, 0.05) is 18.7 Å². The number of allylic oxidation sites excluding steroid dienone is 1. The lowest BCUT2D eigenvalue weighted by Crippen LogP contribution is -2.15. The molecule has 0 atom stereocenters. The molecule has 0 aliphatic carbocycles. The summed E-state index contributed by atoms with van der Waals surface area (Å²) < 4.78 is 7.12. The fraction of sp³-hybridized carbons (Fsp3) is 0.118. The van der Waals surface area contributed by atoms with Crippen molar-refractivity contribution in [3.05, 3.63) is 64.4 Å². The molecular formula is C17H14ClN5O4S. The van der Waals surface area contributed by atoms with Crippen molar-refractivity contribution in [3.63, 3.8) is 0 Å². The third-order valence-corrected chi connectivity index (χ3v) is 4.83. The van der Waals surface area contributed by atoms with Crippen LogP contribution in [0, 0.1) is 10.1 Å². The molecule has 1 amide bonds. The Kier molecular flexibility index (Phi) is 6.12. The molecule has 144 valence electrons. The number of rotatable bonds is 8. The second-order valence-corrected chi connectivity index (χ2v) is 6.79. The number of nitro groups is 1. The Morgan fingerprint density at radius 2 is 2.25 bits per heavy atom. The summed E-state index contributed by atoms with van der Waals surface area (Å²) in [6.07, 6.45) is 3.22. The number of amides is 1. The van der Waals surface area contributed by atoms with Gasteiger partial charge in [0.2, 0.25) is 11.7 Å². The fourth-order valence-corrected chi connectivity index (χ4v) is 3.23. The lowest BCUT2D eigenvalue weighted by molar-refractivity contribution is -0.384. The van der Waals surface area contributed by atoms with Gasteiger partial charge in [-0.3, -0.25) is 19.5 Å². The van der Waals surface area contributed by atoms with Crippen molar-refractivity contribution < 1.29 is 14.1 Å². The lowest BCUT2D eigenvalue weighted by Gasteiger charge is -2.08. The van der Waals surface area contributed by atoms with E-state index in [-0.39, 0.29) is 28.1 Å². The third-order valence-electron chi connectivity index (χ3n) is 3.54. The number of furan rings is 1. The monoisotopic (exact) mass is 419 g/mol. The first-order valence-electron chi connectivity index (χ1n) is 7.94. The summed E-state index contributed by atoms with van der Waals surface area (Å²) in [5, 5.41) is 22.4. The standard InChI is InChI=1S/C17H14ClN5O4S/c1-2-7-22-16(14-4-3-8-27-14)20-21-17(22)28-10-15(24)19-13-9-11(23(25)26)5-6-12(13)18/h2-6,8-9H,1,7,10H2,(H,19,24). The zero-order valence-electron chi connectivity index (χ0n) is 14.4. The van der Waals surface area contributed by atoms with Crippen molar-refractivity contribution in [1.82, 2.24) is 14.8 Å². The molecule has 1 aromatic carbocycles. The summed E-state index contributed by atoms with van der Waals surface area (Å²) in [5.41, 5.74) is 0.00599. The largest absolute Gasteiger partial charge is 0.461 e. The van der Waals surface area contributed by atoms with E-state index in [1.807, 2.05) is 0 Å². The predicted octanol–water partition coefficient (Wildman–Crippen LogP) is 4.02. The van der Waals surface area contributed by atoms with Gasteiger partial charge in [0.1, 0.15) is 0 Å². The summed E-state index contributed by atoms with van der Waals surface area (Å²) in [4.78, 5) is 22.6. The summed E-state index contributed by atoms with van der Waals surface area (Å²) in [5.74, 6) is 0.690. The van der Waals surface area contributed by atoms with Crippen LogP contribution in [0.3, 0.4) is 0 Å². The average molecular weight is 420 g/mol. The third kappa shape index (κ3) is 4.41. The van der Waals surface area contributed by atoms with Gasteiger partial charge in [-0.15, -0.1) is 16.8 Å². The van der Waals surface area contributed by atoms with Crippen molar-refractivity contribution in [3.8, 4) is 11.6 Å². The maximum absolute atomic E-state index is 12.3. The van der Waals surface area contributed by atoms with E-state index in [4.69, 9.17) is 16.0 Å². The van der Waals surface area contributed by atoms with Crippen LogP contribution in [-0.2, 0) is 11.3 Å². The number of nitrogens with one attached hydrogen (secondary N) is 1. The molecule has 11 heteroatoms. The number of carbonyl (C=O) groups excluding carboxylic acids is 1. The average Bonchev–Trinajstić information content (AvgIpc) is 3.32. The zero-order chi connectivity index (χ0) is 20.1. The first-order chi connectivity index (χ1) is 13.5. The highest BCUT2D eigenvalue weighted by Gasteiger charge is 2.17. The zero-order valence-corrected chi connectivity index (χ0v) is 15.9. The van der Waals surface area contributed by atoms with Gasteiger partial charge >= 0.3 is 0 Å². The van der Waals surface area contributed by atoms with Gasteiger partial charge in [-0.1, -0.05) is 29.4 Å². The number of non-ortho nitro benzene ring substituents is 1. The number of hydrogen-bond donors (Lipinski definition) is 1. The highest BCUT2D eigenvalue weighted by Crippen LogP contribution is 2.28. The van der Waals surface area contributed by atoms with Crippen LogP contribution in [0.2, 0.25) is 5.02 Å². The molecule has 0 aliphatic rings. The van der Waals surface area contributed by atoms with E-state index >= 15 is 0 Å². The molecule has 28 heavy (non-hydrogen) atoms. The van der Waals surface area contributed by atoms with E-state index in [0.717, 1.165) is 11.8 Å². The normalized spacial score (nSPS) is 10.6. The number of halogens is 1. The van der Waals surface area contributed by atoms with Gasteiger partial charge in [0.15, 0.2) is 10.9 Å². The Bertz CT molecular complexity index is 1020. The van der Waals surface area contributed by atoms with Crippen molar-refractivity contribution in [2.24, 2.45) is 0 Å². The minimum absolute atomic E-state index is 0.00640. The lowest BCUT2D eigenvalue weighted by atomic mass is 10.3. The first kappa shape index (κ1) is 19.6. The van der Waals surface area contributed by atoms with Crippen LogP contribution >= 0.6 is 23.4 Å². The number of aromatic nitrogens is 3. The molecule has 1 N–H and O–H groups in total. The molecule has 0 saturated carbocycles. The quantitative estimate of drug-likeness (QED) is 0.253. The van der Waals surface area contributed by atoms with E-state index in [1.54, 1.807) is 22.8 Å². The summed E-state index contributed by atoms with van der Waals surface area (Å²) >= 11 is 7.16. The van der Waals surface area contributed by atoms with Crippen LogP contribution in [0.4, 0.5) is 11.4 Å². The number of hydrogen-bond acceptors (Lipinski definition) is 7. The second-order valence-electron chi connectivity index (χ2n) is 5.44. The molecule has 2 aromatic heterocycles. The van der Waals surface area contributed by atoms with Crippen LogP contribution in [0.25, 0.3) is 11.6 Å². The van der Waals surface area contributed by atoms with Gasteiger partial charge in [-0.05, 0) is 18.2 Å². The molecule has 0 unspecified atom stereocenters.